The van der Waals surface area contributed by atoms with Gasteiger partial charge in [0.15, 0.2) is 5.82 Å². The van der Waals surface area contributed by atoms with Gasteiger partial charge in [-0.3, -0.25) is 0 Å². The van der Waals surface area contributed by atoms with Crippen LogP contribution in [0.1, 0.15) is 32.6 Å². The maximum Gasteiger partial charge on any atom is 0.223 e. The maximum absolute atomic E-state index is 13.6. The summed E-state index contributed by atoms with van der Waals surface area (Å²) in [6.07, 6.45) is 6.10. The van der Waals surface area contributed by atoms with Gasteiger partial charge in [0.25, 0.3) is 0 Å². The summed E-state index contributed by atoms with van der Waals surface area (Å²) in [4.78, 5) is 8.03. The van der Waals surface area contributed by atoms with E-state index in [0.717, 1.165) is 18.8 Å². The molecule has 0 radical (unpaired) electrons. The zero-order valence-electron chi connectivity index (χ0n) is 10.2. The Hall–Kier alpha value is -0.840. The van der Waals surface area contributed by atoms with Crippen molar-refractivity contribution >= 4 is 17.7 Å². The molecule has 2 atom stereocenters. The number of rotatable bonds is 3. The van der Waals surface area contributed by atoms with E-state index in [9.17, 15) is 4.39 Å². The lowest BCUT2D eigenvalue weighted by atomic mass is 9.91. The van der Waals surface area contributed by atoms with Gasteiger partial charge in [0.1, 0.15) is 5.03 Å². The number of hydrogen-bond acceptors (Lipinski definition) is 4. The van der Waals surface area contributed by atoms with Crippen molar-refractivity contribution in [2.75, 3.05) is 12.4 Å². The molecule has 0 aliphatic heterocycles. The number of anilines is 1. The first-order valence-electron chi connectivity index (χ1n) is 6.06. The minimum absolute atomic E-state index is 0.313. The Bertz CT molecular complexity index is 386. The Labute approximate surface area is 106 Å². The second-order valence-corrected chi connectivity index (χ2v) is 5.90. The van der Waals surface area contributed by atoms with Gasteiger partial charge in [-0.2, -0.15) is 0 Å². The number of hydrogen-bond donors (Lipinski definition) is 1. The van der Waals surface area contributed by atoms with E-state index in [4.69, 9.17) is 0 Å². The quantitative estimate of drug-likeness (QED) is 0.841. The summed E-state index contributed by atoms with van der Waals surface area (Å²) in [6.45, 7) is 2.27. The first-order chi connectivity index (χ1) is 8.19. The van der Waals surface area contributed by atoms with Gasteiger partial charge in [0.05, 0.1) is 6.20 Å². The van der Waals surface area contributed by atoms with E-state index in [2.05, 4.69) is 22.2 Å². The molecule has 1 aliphatic rings. The third kappa shape index (κ3) is 3.31. The van der Waals surface area contributed by atoms with Crippen LogP contribution in [-0.4, -0.2) is 22.3 Å². The van der Waals surface area contributed by atoms with Gasteiger partial charge in [-0.1, -0.05) is 31.5 Å². The molecule has 2 rings (SSSR count). The van der Waals surface area contributed by atoms with E-state index in [-0.39, 0.29) is 5.82 Å². The van der Waals surface area contributed by atoms with Crippen LogP contribution >= 0.6 is 11.8 Å². The number of aromatic nitrogens is 2. The summed E-state index contributed by atoms with van der Waals surface area (Å²) < 4.78 is 13.6. The van der Waals surface area contributed by atoms with Crippen molar-refractivity contribution in [3.63, 3.8) is 0 Å². The highest BCUT2D eigenvalue weighted by Crippen LogP contribution is 2.36. The molecule has 0 aromatic carbocycles. The van der Waals surface area contributed by atoms with Crippen LogP contribution in [0.3, 0.4) is 0 Å². The highest BCUT2D eigenvalue weighted by atomic mass is 32.2. The normalized spacial score (nSPS) is 24.6. The van der Waals surface area contributed by atoms with Crippen LogP contribution in [0.2, 0.25) is 0 Å². The molecule has 1 heterocycles. The van der Waals surface area contributed by atoms with Crippen LogP contribution in [0.15, 0.2) is 11.2 Å². The van der Waals surface area contributed by atoms with Crippen LogP contribution in [0.5, 0.6) is 0 Å². The van der Waals surface area contributed by atoms with Gasteiger partial charge in [-0.25, -0.2) is 14.4 Å². The van der Waals surface area contributed by atoms with Crippen LogP contribution < -0.4 is 5.32 Å². The SMILES string of the molecule is CNc1ncc(F)c(SC2CCCC(C)C2)n1. The van der Waals surface area contributed by atoms with E-state index in [1.54, 1.807) is 18.8 Å². The predicted molar refractivity (Wildman–Crippen MR) is 68.8 cm³/mol. The van der Waals surface area contributed by atoms with Crippen LogP contribution in [0, 0.1) is 11.7 Å². The lowest BCUT2D eigenvalue weighted by Gasteiger charge is -2.25. The summed E-state index contributed by atoms with van der Waals surface area (Å²) in [5.41, 5.74) is 0. The number of thioether (sulfide) groups is 1. The van der Waals surface area contributed by atoms with Gasteiger partial charge in [0, 0.05) is 12.3 Å². The fourth-order valence-corrected chi connectivity index (χ4v) is 3.53. The van der Waals surface area contributed by atoms with E-state index in [1.165, 1.54) is 19.0 Å². The molecule has 0 spiro atoms. The third-order valence-electron chi connectivity index (χ3n) is 3.10. The van der Waals surface area contributed by atoms with Crippen molar-refractivity contribution in [1.29, 1.82) is 0 Å². The van der Waals surface area contributed by atoms with Crippen molar-refractivity contribution in [2.45, 2.75) is 42.9 Å². The molecule has 1 saturated carbocycles. The fraction of sp³-hybridized carbons (Fsp3) is 0.667. The molecule has 94 valence electrons. The summed E-state index contributed by atoms with van der Waals surface area (Å²) in [5.74, 6) is 0.917. The molecule has 1 aromatic heterocycles. The third-order valence-corrected chi connectivity index (χ3v) is 4.37. The van der Waals surface area contributed by atoms with Gasteiger partial charge in [-0.05, 0) is 18.8 Å². The lowest BCUT2D eigenvalue weighted by molar-refractivity contribution is 0.393. The van der Waals surface area contributed by atoms with Gasteiger partial charge in [-0.15, -0.1) is 0 Å². The lowest BCUT2D eigenvalue weighted by Crippen LogP contribution is -2.15. The van der Waals surface area contributed by atoms with Crippen LogP contribution in [0.4, 0.5) is 10.3 Å². The monoisotopic (exact) mass is 255 g/mol. The molecule has 2 unspecified atom stereocenters. The zero-order chi connectivity index (χ0) is 12.3. The molecule has 17 heavy (non-hydrogen) atoms. The first-order valence-corrected chi connectivity index (χ1v) is 6.94. The Kier molecular flexibility index (Phi) is 4.20. The van der Waals surface area contributed by atoms with E-state index in [1.807, 2.05) is 0 Å². The van der Waals surface area contributed by atoms with Crippen molar-refractivity contribution in [3.05, 3.63) is 12.0 Å². The molecular formula is C12H18FN3S. The molecule has 0 saturated heterocycles. The van der Waals surface area contributed by atoms with Crippen LogP contribution in [-0.2, 0) is 0 Å². The summed E-state index contributed by atoms with van der Waals surface area (Å²) in [5, 5.41) is 3.81. The number of nitrogens with zero attached hydrogens (tertiary/aromatic N) is 2. The summed E-state index contributed by atoms with van der Waals surface area (Å²) in [6, 6.07) is 0. The first kappa shape index (κ1) is 12.6. The molecule has 1 fully saturated rings. The predicted octanol–water partition coefficient (Wildman–Crippen LogP) is 3.33. The minimum Gasteiger partial charge on any atom is -0.357 e. The van der Waals surface area contributed by atoms with Gasteiger partial charge < -0.3 is 5.32 Å². The smallest absolute Gasteiger partial charge is 0.223 e. The molecule has 1 aromatic rings. The van der Waals surface area contributed by atoms with Crippen molar-refractivity contribution in [3.8, 4) is 0 Å². The molecule has 1 N–H and O–H groups in total. The average Bonchev–Trinajstić information content (AvgIpc) is 2.32. The highest BCUT2D eigenvalue weighted by Gasteiger charge is 2.21. The maximum atomic E-state index is 13.6. The molecule has 5 heteroatoms. The Morgan fingerprint density at radius 3 is 3.00 bits per heavy atom. The minimum atomic E-state index is -0.313. The summed E-state index contributed by atoms with van der Waals surface area (Å²) in [7, 11) is 1.74. The average molecular weight is 255 g/mol. The Morgan fingerprint density at radius 1 is 1.47 bits per heavy atom. The Morgan fingerprint density at radius 2 is 2.29 bits per heavy atom. The van der Waals surface area contributed by atoms with E-state index >= 15 is 0 Å². The van der Waals surface area contributed by atoms with E-state index in [0.29, 0.717) is 16.2 Å². The molecular weight excluding hydrogens is 237 g/mol. The molecule has 1 aliphatic carbocycles. The van der Waals surface area contributed by atoms with Crippen molar-refractivity contribution in [1.82, 2.24) is 9.97 Å². The fourth-order valence-electron chi connectivity index (χ4n) is 2.20. The van der Waals surface area contributed by atoms with Crippen LogP contribution in [0.25, 0.3) is 0 Å². The van der Waals surface area contributed by atoms with Gasteiger partial charge in [0.2, 0.25) is 5.95 Å². The second-order valence-electron chi connectivity index (χ2n) is 4.61. The molecule has 3 nitrogen and oxygen atoms in total. The summed E-state index contributed by atoms with van der Waals surface area (Å²) >= 11 is 1.56. The number of halogens is 1. The molecule has 0 bridgehead atoms. The Balaban J connectivity index is 2.06. The topological polar surface area (TPSA) is 37.8 Å². The van der Waals surface area contributed by atoms with Crippen molar-refractivity contribution < 1.29 is 4.39 Å². The zero-order valence-corrected chi connectivity index (χ0v) is 11.1. The second kappa shape index (κ2) is 5.67. The van der Waals surface area contributed by atoms with E-state index < -0.39 is 0 Å². The largest absolute Gasteiger partial charge is 0.357 e. The highest BCUT2D eigenvalue weighted by molar-refractivity contribution is 7.99. The standard InChI is InChI=1S/C12H18FN3S/c1-8-4-3-5-9(6-8)17-11-10(13)7-15-12(14-2)16-11/h7-9H,3-6H2,1-2H3,(H,14,15,16). The van der Waals surface area contributed by atoms with Gasteiger partial charge >= 0.3 is 0 Å². The molecule has 0 amide bonds. The van der Waals surface area contributed by atoms with Crippen molar-refractivity contribution in [2.24, 2.45) is 5.92 Å². The number of nitrogens with one attached hydrogen (secondary N) is 1.